The molecular weight excluding hydrogens is 242 g/mol. The van der Waals surface area contributed by atoms with Crippen molar-refractivity contribution in [3.8, 4) is 6.07 Å². The lowest BCUT2D eigenvalue weighted by Crippen LogP contribution is -2.30. The molecular formula is C14H21N3S. The van der Waals surface area contributed by atoms with Crippen LogP contribution in [0.5, 0.6) is 0 Å². The second kappa shape index (κ2) is 6.31. The molecule has 0 saturated carbocycles. The van der Waals surface area contributed by atoms with Gasteiger partial charge in [0.1, 0.15) is 0 Å². The van der Waals surface area contributed by atoms with Gasteiger partial charge in [0.05, 0.1) is 22.7 Å². The molecule has 2 atom stereocenters. The van der Waals surface area contributed by atoms with Gasteiger partial charge in [0.25, 0.3) is 0 Å². The number of rotatable bonds is 4. The van der Waals surface area contributed by atoms with Crippen molar-refractivity contribution in [1.29, 1.82) is 5.26 Å². The fourth-order valence-corrected chi connectivity index (χ4v) is 3.46. The van der Waals surface area contributed by atoms with Gasteiger partial charge in [-0.3, -0.25) is 0 Å². The Labute approximate surface area is 113 Å². The molecule has 1 fully saturated rings. The van der Waals surface area contributed by atoms with E-state index in [9.17, 15) is 0 Å². The van der Waals surface area contributed by atoms with E-state index in [1.54, 1.807) is 11.3 Å². The highest BCUT2D eigenvalue weighted by Crippen LogP contribution is 2.28. The van der Waals surface area contributed by atoms with Gasteiger partial charge in [0, 0.05) is 24.3 Å². The second-order valence-electron chi connectivity index (χ2n) is 5.21. The molecule has 0 bridgehead atoms. The van der Waals surface area contributed by atoms with Crippen LogP contribution in [0, 0.1) is 17.2 Å². The lowest BCUT2D eigenvalue weighted by Gasteiger charge is -2.28. The number of piperidine rings is 1. The fraction of sp³-hybridized carbons (Fsp3) is 0.714. The number of nitriles is 1. The molecule has 0 radical (unpaired) electrons. The van der Waals surface area contributed by atoms with Crippen LogP contribution >= 0.6 is 11.3 Å². The van der Waals surface area contributed by atoms with Gasteiger partial charge >= 0.3 is 0 Å². The molecule has 1 aliphatic heterocycles. The quantitative estimate of drug-likeness (QED) is 0.838. The van der Waals surface area contributed by atoms with Gasteiger partial charge in [-0.15, -0.1) is 11.3 Å². The minimum absolute atomic E-state index is 0.123. The van der Waals surface area contributed by atoms with E-state index in [1.165, 1.54) is 25.1 Å². The molecule has 2 rings (SSSR count). The summed E-state index contributed by atoms with van der Waals surface area (Å²) >= 11 is 1.72. The first-order valence-electron chi connectivity index (χ1n) is 6.75. The van der Waals surface area contributed by atoms with Crippen molar-refractivity contribution in [2.24, 2.45) is 5.92 Å². The number of nitrogens with zero attached hydrogens (tertiary/aromatic N) is 3. The Morgan fingerprint density at radius 3 is 3.17 bits per heavy atom. The van der Waals surface area contributed by atoms with Gasteiger partial charge < -0.3 is 4.90 Å². The van der Waals surface area contributed by atoms with E-state index >= 15 is 0 Å². The lowest BCUT2D eigenvalue weighted by atomic mass is 9.96. The van der Waals surface area contributed by atoms with Gasteiger partial charge in [0.15, 0.2) is 0 Å². The molecule has 0 spiro atoms. The average Bonchev–Trinajstić information content (AvgIpc) is 2.84. The summed E-state index contributed by atoms with van der Waals surface area (Å²) in [6, 6.07) is 2.35. The van der Waals surface area contributed by atoms with E-state index in [0.29, 0.717) is 5.92 Å². The summed E-state index contributed by atoms with van der Waals surface area (Å²) in [5, 5.41) is 12.3. The molecule has 1 aromatic rings. The minimum Gasteiger partial charge on any atom is -0.306 e. The number of hydrogen-bond acceptors (Lipinski definition) is 4. The maximum absolute atomic E-state index is 9.00. The molecule has 0 N–H and O–H groups in total. The molecule has 2 heterocycles. The highest BCUT2D eigenvalue weighted by molar-refractivity contribution is 7.09. The van der Waals surface area contributed by atoms with Crippen LogP contribution in [-0.4, -0.2) is 30.0 Å². The van der Waals surface area contributed by atoms with Gasteiger partial charge in [-0.1, -0.05) is 6.92 Å². The summed E-state index contributed by atoms with van der Waals surface area (Å²) < 4.78 is 0. The van der Waals surface area contributed by atoms with E-state index in [-0.39, 0.29) is 5.92 Å². The largest absolute Gasteiger partial charge is 0.306 e. The molecule has 3 nitrogen and oxygen atoms in total. The summed E-state index contributed by atoms with van der Waals surface area (Å²) in [7, 11) is 2.18. The van der Waals surface area contributed by atoms with Gasteiger partial charge in [-0.2, -0.15) is 5.26 Å². The van der Waals surface area contributed by atoms with Crippen molar-refractivity contribution in [3.05, 3.63) is 16.1 Å². The zero-order valence-corrected chi connectivity index (χ0v) is 12.0. The van der Waals surface area contributed by atoms with Crippen LogP contribution in [-0.2, 0) is 6.42 Å². The molecule has 2 unspecified atom stereocenters. The van der Waals surface area contributed by atoms with Crippen LogP contribution < -0.4 is 0 Å². The van der Waals surface area contributed by atoms with Crippen molar-refractivity contribution in [2.75, 3.05) is 20.1 Å². The number of hydrogen-bond donors (Lipinski definition) is 0. The Morgan fingerprint density at radius 1 is 1.67 bits per heavy atom. The highest BCUT2D eigenvalue weighted by atomic mass is 32.1. The second-order valence-corrected chi connectivity index (χ2v) is 6.15. The Bertz CT molecular complexity index is 421. The molecule has 0 aliphatic carbocycles. The predicted octanol–water partition coefficient (Wildman–Crippen LogP) is 3.04. The first-order valence-corrected chi connectivity index (χ1v) is 7.63. The summed E-state index contributed by atoms with van der Waals surface area (Å²) in [6.45, 7) is 4.40. The van der Waals surface area contributed by atoms with E-state index in [4.69, 9.17) is 10.2 Å². The summed E-state index contributed by atoms with van der Waals surface area (Å²) in [5.74, 6) is 0.717. The Kier molecular flexibility index (Phi) is 4.73. The van der Waals surface area contributed by atoms with Crippen LogP contribution in [0.2, 0.25) is 0 Å². The minimum atomic E-state index is 0.123. The van der Waals surface area contributed by atoms with Crippen molar-refractivity contribution >= 4 is 11.3 Å². The van der Waals surface area contributed by atoms with Crippen molar-refractivity contribution < 1.29 is 0 Å². The third kappa shape index (κ3) is 3.30. The first-order chi connectivity index (χ1) is 8.72. The number of likely N-dealkylation sites (tertiary alicyclic amines) is 1. The van der Waals surface area contributed by atoms with Crippen LogP contribution in [0.15, 0.2) is 5.38 Å². The molecule has 1 aliphatic rings. The molecule has 4 heteroatoms. The molecule has 18 heavy (non-hydrogen) atoms. The average molecular weight is 263 g/mol. The zero-order chi connectivity index (χ0) is 13.0. The molecule has 0 amide bonds. The smallest absolute Gasteiger partial charge is 0.0941 e. The van der Waals surface area contributed by atoms with Crippen molar-refractivity contribution in [1.82, 2.24) is 9.88 Å². The normalized spacial score (nSPS) is 22.6. The third-order valence-corrected chi connectivity index (χ3v) is 4.60. The summed E-state index contributed by atoms with van der Waals surface area (Å²) in [6.07, 6.45) is 4.25. The molecule has 1 aromatic heterocycles. The Balaban J connectivity index is 1.99. The monoisotopic (exact) mass is 263 g/mol. The van der Waals surface area contributed by atoms with E-state index < -0.39 is 0 Å². The standard InChI is InChI=1S/C14H21N3S/c1-3-11(8-15)7-14-16-13(10-18-14)12-5-4-6-17(2)9-12/h10-12H,3-7,9H2,1-2H3. The van der Waals surface area contributed by atoms with Crippen molar-refractivity contribution in [2.45, 2.75) is 38.5 Å². The van der Waals surface area contributed by atoms with Crippen LogP contribution in [0.1, 0.15) is 42.8 Å². The van der Waals surface area contributed by atoms with E-state index in [1.807, 2.05) is 0 Å². The summed E-state index contributed by atoms with van der Waals surface area (Å²) in [4.78, 5) is 7.13. The Morgan fingerprint density at radius 2 is 2.50 bits per heavy atom. The first kappa shape index (κ1) is 13.5. The molecule has 1 saturated heterocycles. The topological polar surface area (TPSA) is 39.9 Å². The molecule has 0 aromatic carbocycles. The summed E-state index contributed by atoms with van der Waals surface area (Å²) in [5.41, 5.74) is 1.24. The van der Waals surface area contributed by atoms with E-state index in [0.717, 1.165) is 24.4 Å². The lowest BCUT2D eigenvalue weighted by molar-refractivity contribution is 0.248. The maximum atomic E-state index is 9.00. The maximum Gasteiger partial charge on any atom is 0.0941 e. The van der Waals surface area contributed by atoms with Crippen LogP contribution in [0.25, 0.3) is 0 Å². The van der Waals surface area contributed by atoms with Crippen LogP contribution in [0.3, 0.4) is 0 Å². The van der Waals surface area contributed by atoms with Gasteiger partial charge in [-0.05, 0) is 32.9 Å². The molecule has 98 valence electrons. The predicted molar refractivity (Wildman–Crippen MR) is 74.7 cm³/mol. The fourth-order valence-electron chi connectivity index (χ4n) is 2.51. The number of thiazole rings is 1. The number of aromatic nitrogens is 1. The zero-order valence-electron chi connectivity index (χ0n) is 11.2. The van der Waals surface area contributed by atoms with Gasteiger partial charge in [-0.25, -0.2) is 4.98 Å². The van der Waals surface area contributed by atoms with Crippen LogP contribution in [0.4, 0.5) is 0 Å². The Hall–Kier alpha value is -0.920. The van der Waals surface area contributed by atoms with Gasteiger partial charge in [0.2, 0.25) is 0 Å². The SMILES string of the molecule is CCC(C#N)Cc1nc(C2CCCN(C)C2)cs1. The highest BCUT2D eigenvalue weighted by Gasteiger charge is 2.21. The van der Waals surface area contributed by atoms with E-state index in [2.05, 4.69) is 30.3 Å². The third-order valence-electron chi connectivity index (χ3n) is 3.71. The van der Waals surface area contributed by atoms with Crippen molar-refractivity contribution in [3.63, 3.8) is 0 Å². The number of likely N-dealkylation sites (N-methyl/N-ethyl adjacent to an activating group) is 1.